The number of hydrogen-bond acceptors (Lipinski definition) is 5. The first-order valence-electron chi connectivity index (χ1n) is 7.17. The van der Waals surface area contributed by atoms with E-state index in [0.717, 1.165) is 11.3 Å². The minimum absolute atomic E-state index is 0.193. The predicted octanol–water partition coefficient (Wildman–Crippen LogP) is 3.52. The highest BCUT2D eigenvalue weighted by molar-refractivity contribution is 7.14. The van der Waals surface area contributed by atoms with Gasteiger partial charge >= 0.3 is 0 Å². The number of hydrogen-bond donors (Lipinski definition) is 2. The van der Waals surface area contributed by atoms with Crippen LogP contribution in [0.15, 0.2) is 54.2 Å². The molecule has 0 spiro atoms. The van der Waals surface area contributed by atoms with Crippen molar-refractivity contribution in [2.45, 2.75) is 13.5 Å². The van der Waals surface area contributed by atoms with Crippen LogP contribution >= 0.6 is 11.3 Å². The van der Waals surface area contributed by atoms with Crippen molar-refractivity contribution < 1.29 is 4.79 Å². The molecular formula is C17H16N4OS. The van der Waals surface area contributed by atoms with Crippen molar-refractivity contribution in [3.63, 3.8) is 0 Å². The second kappa shape index (κ2) is 7.02. The summed E-state index contributed by atoms with van der Waals surface area (Å²) in [6, 6.07) is 11.8. The van der Waals surface area contributed by atoms with Gasteiger partial charge in [0, 0.05) is 30.0 Å². The van der Waals surface area contributed by atoms with Crippen LogP contribution in [0.2, 0.25) is 0 Å². The Bertz CT molecular complexity index is 784. The molecule has 0 fully saturated rings. The van der Waals surface area contributed by atoms with Crippen LogP contribution in [0.1, 0.15) is 21.6 Å². The molecule has 1 amide bonds. The second-order valence-corrected chi connectivity index (χ2v) is 5.93. The van der Waals surface area contributed by atoms with Crippen LogP contribution in [-0.4, -0.2) is 15.9 Å². The number of thiazole rings is 1. The van der Waals surface area contributed by atoms with Gasteiger partial charge in [-0.2, -0.15) is 0 Å². The molecule has 6 heteroatoms. The van der Waals surface area contributed by atoms with E-state index in [2.05, 4.69) is 20.6 Å². The molecule has 2 heterocycles. The molecule has 23 heavy (non-hydrogen) atoms. The van der Waals surface area contributed by atoms with Gasteiger partial charge in [0.2, 0.25) is 0 Å². The second-order valence-electron chi connectivity index (χ2n) is 5.07. The Morgan fingerprint density at radius 2 is 2.04 bits per heavy atom. The third-order valence-electron chi connectivity index (χ3n) is 3.22. The number of rotatable bonds is 5. The Morgan fingerprint density at radius 1 is 1.22 bits per heavy atom. The first-order chi connectivity index (χ1) is 11.2. The summed E-state index contributed by atoms with van der Waals surface area (Å²) in [4.78, 5) is 20.5. The van der Waals surface area contributed by atoms with Crippen LogP contribution in [0.4, 0.5) is 10.8 Å². The van der Waals surface area contributed by atoms with Gasteiger partial charge in [0.1, 0.15) is 5.69 Å². The van der Waals surface area contributed by atoms with Gasteiger partial charge in [0.05, 0.1) is 0 Å². The Morgan fingerprint density at radius 3 is 2.78 bits per heavy atom. The number of aryl methyl sites for hydroxylation is 1. The summed E-state index contributed by atoms with van der Waals surface area (Å²) in [6.07, 6.45) is 3.43. The van der Waals surface area contributed by atoms with Crippen LogP contribution in [-0.2, 0) is 6.54 Å². The van der Waals surface area contributed by atoms with Gasteiger partial charge in [-0.15, -0.1) is 11.3 Å². The molecule has 0 unspecified atom stereocenters. The van der Waals surface area contributed by atoms with E-state index in [-0.39, 0.29) is 5.91 Å². The van der Waals surface area contributed by atoms with Gasteiger partial charge in [-0.25, -0.2) is 4.98 Å². The van der Waals surface area contributed by atoms with Crippen LogP contribution in [0.5, 0.6) is 0 Å². The number of amides is 1. The molecular weight excluding hydrogens is 308 g/mol. The molecule has 0 aliphatic rings. The quantitative estimate of drug-likeness (QED) is 0.753. The minimum atomic E-state index is -0.193. The highest BCUT2D eigenvalue weighted by Gasteiger charge is 2.10. The Hall–Kier alpha value is -2.73. The summed E-state index contributed by atoms with van der Waals surface area (Å²) in [5.41, 5.74) is 3.51. The van der Waals surface area contributed by atoms with Crippen molar-refractivity contribution in [2.24, 2.45) is 0 Å². The third kappa shape index (κ3) is 4.14. The number of aromatic nitrogens is 2. The zero-order valence-electron chi connectivity index (χ0n) is 12.6. The van der Waals surface area contributed by atoms with E-state index in [0.29, 0.717) is 17.4 Å². The average Bonchev–Trinajstić information content (AvgIpc) is 3.04. The summed E-state index contributed by atoms with van der Waals surface area (Å²) < 4.78 is 0. The molecule has 3 aromatic rings. The molecule has 2 N–H and O–H groups in total. The SMILES string of the molecule is Cc1ccc(Nc2nc(C(=O)NCc3cccnc3)cs2)cc1. The van der Waals surface area contributed by atoms with Gasteiger partial charge in [-0.1, -0.05) is 23.8 Å². The largest absolute Gasteiger partial charge is 0.347 e. The molecule has 0 saturated heterocycles. The van der Waals surface area contributed by atoms with E-state index in [4.69, 9.17) is 0 Å². The molecule has 5 nitrogen and oxygen atoms in total. The summed E-state index contributed by atoms with van der Waals surface area (Å²) in [5.74, 6) is -0.193. The van der Waals surface area contributed by atoms with E-state index in [1.165, 1.54) is 16.9 Å². The van der Waals surface area contributed by atoms with Crippen molar-refractivity contribution in [3.8, 4) is 0 Å². The molecule has 0 radical (unpaired) electrons. The number of benzene rings is 1. The first-order valence-corrected chi connectivity index (χ1v) is 8.05. The molecule has 3 rings (SSSR count). The van der Waals surface area contributed by atoms with Crippen LogP contribution < -0.4 is 10.6 Å². The zero-order chi connectivity index (χ0) is 16.1. The summed E-state index contributed by atoms with van der Waals surface area (Å²) in [7, 11) is 0. The maximum atomic E-state index is 12.1. The monoisotopic (exact) mass is 324 g/mol. The van der Waals surface area contributed by atoms with Crippen molar-refractivity contribution in [1.29, 1.82) is 0 Å². The van der Waals surface area contributed by atoms with E-state index >= 15 is 0 Å². The molecule has 0 aliphatic heterocycles. The fourth-order valence-corrected chi connectivity index (χ4v) is 2.68. The van der Waals surface area contributed by atoms with E-state index in [9.17, 15) is 4.79 Å². The predicted molar refractivity (Wildman–Crippen MR) is 92.0 cm³/mol. The van der Waals surface area contributed by atoms with Gasteiger partial charge in [-0.3, -0.25) is 9.78 Å². The van der Waals surface area contributed by atoms with E-state index in [1.807, 2.05) is 43.3 Å². The Balaban J connectivity index is 1.59. The van der Waals surface area contributed by atoms with Crippen LogP contribution in [0.25, 0.3) is 0 Å². The number of pyridine rings is 1. The number of carbonyl (C=O) groups is 1. The standard InChI is InChI=1S/C17H16N4OS/c1-12-4-6-14(7-5-12)20-17-21-15(11-23-17)16(22)19-10-13-3-2-8-18-9-13/h2-9,11H,10H2,1H3,(H,19,22)(H,20,21). The molecule has 0 atom stereocenters. The topological polar surface area (TPSA) is 66.9 Å². The molecule has 0 aliphatic carbocycles. The minimum Gasteiger partial charge on any atom is -0.347 e. The number of carbonyl (C=O) groups excluding carboxylic acids is 1. The fraction of sp³-hybridized carbons (Fsp3) is 0.118. The lowest BCUT2D eigenvalue weighted by molar-refractivity contribution is 0.0946. The van der Waals surface area contributed by atoms with Gasteiger partial charge < -0.3 is 10.6 Å². The Labute approximate surface area is 138 Å². The zero-order valence-corrected chi connectivity index (χ0v) is 13.4. The lowest BCUT2D eigenvalue weighted by atomic mass is 10.2. The van der Waals surface area contributed by atoms with Crippen molar-refractivity contribution in [2.75, 3.05) is 5.32 Å². The Kier molecular flexibility index (Phi) is 4.63. The maximum Gasteiger partial charge on any atom is 0.271 e. The van der Waals surface area contributed by atoms with Crippen molar-refractivity contribution in [3.05, 3.63) is 71.0 Å². The molecule has 2 aromatic heterocycles. The van der Waals surface area contributed by atoms with Gasteiger partial charge in [-0.05, 0) is 30.7 Å². The number of nitrogens with one attached hydrogen (secondary N) is 2. The summed E-state index contributed by atoms with van der Waals surface area (Å²) >= 11 is 1.40. The van der Waals surface area contributed by atoms with E-state index < -0.39 is 0 Å². The lowest BCUT2D eigenvalue weighted by Crippen LogP contribution is -2.23. The summed E-state index contributed by atoms with van der Waals surface area (Å²) in [5, 5.41) is 8.47. The fourth-order valence-electron chi connectivity index (χ4n) is 1.97. The summed E-state index contributed by atoms with van der Waals surface area (Å²) in [6.45, 7) is 2.47. The van der Waals surface area contributed by atoms with Crippen LogP contribution in [0.3, 0.4) is 0 Å². The molecule has 116 valence electrons. The van der Waals surface area contributed by atoms with Gasteiger partial charge in [0.15, 0.2) is 5.13 Å². The highest BCUT2D eigenvalue weighted by Crippen LogP contribution is 2.21. The van der Waals surface area contributed by atoms with Crippen molar-refractivity contribution in [1.82, 2.24) is 15.3 Å². The first kappa shape index (κ1) is 15.2. The third-order valence-corrected chi connectivity index (χ3v) is 3.97. The van der Waals surface area contributed by atoms with Crippen LogP contribution in [0, 0.1) is 6.92 Å². The molecule has 0 saturated carbocycles. The number of nitrogens with zero attached hydrogens (tertiary/aromatic N) is 2. The molecule has 1 aromatic carbocycles. The average molecular weight is 324 g/mol. The number of anilines is 2. The smallest absolute Gasteiger partial charge is 0.271 e. The maximum absolute atomic E-state index is 12.1. The lowest BCUT2D eigenvalue weighted by Gasteiger charge is -2.03. The van der Waals surface area contributed by atoms with E-state index in [1.54, 1.807) is 17.8 Å². The van der Waals surface area contributed by atoms with Gasteiger partial charge in [0.25, 0.3) is 5.91 Å². The molecule has 0 bridgehead atoms. The normalized spacial score (nSPS) is 10.3. The highest BCUT2D eigenvalue weighted by atomic mass is 32.1. The van der Waals surface area contributed by atoms with Crippen molar-refractivity contribution >= 4 is 28.1 Å².